The highest BCUT2D eigenvalue weighted by Crippen LogP contribution is 2.32. The predicted octanol–water partition coefficient (Wildman–Crippen LogP) is 2.80. The molecule has 1 fully saturated rings. The van der Waals surface area contributed by atoms with Crippen LogP contribution in [0.3, 0.4) is 0 Å². The molecule has 3 rings (SSSR count). The van der Waals surface area contributed by atoms with Gasteiger partial charge in [0.05, 0.1) is 7.11 Å². The van der Waals surface area contributed by atoms with Crippen molar-refractivity contribution in [2.45, 2.75) is 11.8 Å². The molecule has 1 amide bonds. The highest BCUT2D eigenvalue weighted by molar-refractivity contribution is 7.87. The van der Waals surface area contributed by atoms with Gasteiger partial charge in [0.25, 0.3) is 5.91 Å². The third-order valence-electron chi connectivity index (χ3n) is 4.46. The number of ether oxygens (including phenoxy) is 1. The largest absolute Gasteiger partial charge is 0.493 e. The van der Waals surface area contributed by atoms with Crippen molar-refractivity contribution in [3.63, 3.8) is 0 Å². The summed E-state index contributed by atoms with van der Waals surface area (Å²) < 4.78 is 35.6. The lowest BCUT2D eigenvalue weighted by atomic mass is 10.1. The fourth-order valence-corrected chi connectivity index (χ4v) is 3.88. The van der Waals surface area contributed by atoms with Gasteiger partial charge in [0, 0.05) is 14.1 Å². The van der Waals surface area contributed by atoms with Crippen LogP contribution in [0.15, 0.2) is 53.1 Å². The van der Waals surface area contributed by atoms with Gasteiger partial charge >= 0.3 is 10.1 Å². The molecular weight excluding hydrogens is 412 g/mol. The van der Waals surface area contributed by atoms with E-state index in [-0.39, 0.29) is 22.3 Å². The molecule has 1 heterocycles. The first kappa shape index (κ1) is 20.8. The molecule has 9 heteroatoms. The minimum atomic E-state index is -4.01. The van der Waals surface area contributed by atoms with Crippen molar-refractivity contribution in [2.24, 2.45) is 0 Å². The maximum Gasteiger partial charge on any atom is 0.339 e. The second-order valence-electron chi connectivity index (χ2n) is 6.50. The summed E-state index contributed by atoms with van der Waals surface area (Å²) in [5.74, 6) is 0.0479. The summed E-state index contributed by atoms with van der Waals surface area (Å²) in [5, 5.41) is 0.400. The summed E-state index contributed by atoms with van der Waals surface area (Å²) in [6.07, 6.45) is 1.65. The zero-order chi connectivity index (χ0) is 21.3. The number of carbonyl (C=O) groups excluding carboxylic acids is 1. The van der Waals surface area contributed by atoms with Crippen LogP contribution in [-0.4, -0.2) is 50.4 Å². The van der Waals surface area contributed by atoms with Crippen molar-refractivity contribution in [1.82, 2.24) is 9.80 Å². The van der Waals surface area contributed by atoms with E-state index in [0.717, 1.165) is 5.56 Å². The van der Waals surface area contributed by atoms with Gasteiger partial charge in [0.2, 0.25) is 0 Å². The molecule has 0 unspecified atom stereocenters. The Morgan fingerprint density at radius 2 is 1.66 bits per heavy atom. The summed E-state index contributed by atoms with van der Waals surface area (Å²) in [4.78, 5) is 15.3. The van der Waals surface area contributed by atoms with Crippen LogP contribution in [0.25, 0.3) is 6.08 Å². The van der Waals surface area contributed by atoms with E-state index >= 15 is 0 Å². The number of amides is 1. The maximum atomic E-state index is 12.5. The van der Waals surface area contributed by atoms with Gasteiger partial charge in [-0.25, -0.2) is 0 Å². The first-order chi connectivity index (χ1) is 13.6. The van der Waals surface area contributed by atoms with Crippen LogP contribution in [0.2, 0.25) is 0 Å². The van der Waals surface area contributed by atoms with Gasteiger partial charge in [0.15, 0.2) is 16.6 Å². The van der Waals surface area contributed by atoms with E-state index in [1.165, 1.54) is 30.2 Å². The second-order valence-corrected chi connectivity index (χ2v) is 8.41. The molecule has 0 aromatic heterocycles. The summed E-state index contributed by atoms with van der Waals surface area (Å²) in [5.41, 5.74) is 1.98. The average molecular weight is 433 g/mol. The van der Waals surface area contributed by atoms with Crippen molar-refractivity contribution < 1.29 is 22.1 Å². The standard InChI is InChI=1S/C20H20N2O5S2/c1-13-5-8-15(9-6-13)29(24,25)27-17-10-7-14(12-18(17)26-4)11-16-19(23)22(3)20(28)21(16)2/h5-12H,1-4H3/b16-11+. The maximum absolute atomic E-state index is 12.5. The number of aryl methyl sites for hydroxylation is 1. The smallest absolute Gasteiger partial charge is 0.339 e. The van der Waals surface area contributed by atoms with Gasteiger partial charge in [0.1, 0.15) is 10.6 Å². The van der Waals surface area contributed by atoms with E-state index in [0.29, 0.717) is 16.4 Å². The lowest BCUT2D eigenvalue weighted by Gasteiger charge is -2.13. The molecule has 7 nitrogen and oxygen atoms in total. The fraction of sp³-hybridized carbons (Fsp3) is 0.200. The Hall–Kier alpha value is -2.91. The molecule has 1 aliphatic heterocycles. The third kappa shape index (κ3) is 4.10. The minimum Gasteiger partial charge on any atom is -0.493 e. The lowest BCUT2D eigenvalue weighted by Crippen LogP contribution is -2.26. The molecule has 2 aromatic rings. The number of methoxy groups -OCH3 is 1. The Morgan fingerprint density at radius 1 is 1.00 bits per heavy atom. The Morgan fingerprint density at radius 3 is 2.21 bits per heavy atom. The average Bonchev–Trinajstić information content (AvgIpc) is 2.87. The Balaban J connectivity index is 1.92. The molecule has 2 aromatic carbocycles. The number of benzene rings is 2. The number of rotatable bonds is 5. The number of hydrogen-bond donors (Lipinski definition) is 0. The second kappa shape index (κ2) is 7.84. The Kier molecular flexibility index (Phi) is 5.63. The number of likely N-dealkylation sites (N-methyl/N-ethyl adjacent to an activating group) is 2. The molecule has 0 atom stereocenters. The van der Waals surface area contributed by atoms with Crippen molar-refractivity contribution in [3.8, 4) is 11.5 Å². The van der Waals surface area contributed by atoms with E-state index in [9.17, 15) is 13.2 Å². The first-order valence-corrected chi connectivity index (χ1v) is 10.4. The van der Waals surface area contributed by atoms with Crippen LogP contribution in [0.4, 0.5) is 0 Å². The summed E-state index contributed by atoms with van der Waals surface area (Å²) in [6.45, 7) is 1.87. The predicted molar refractivity (Wildman–Crippen MR) is 113 cm³/mol. The van der Waals surface area contributed by atoms with E-state index in [1.54, 1.807) is 49.3 Å². The summed E-state index contributed by atoms with van der Waals surface area (Å²) in [6, 6.07) is 11.1. The van der Waals surface area contributed by atoms with Gasteiger partial charge in [-0.3, -0.25) is 9.69 Å². The van der Waals surface area contributed by atoms with Gasteiger partial charge in [-0.15, -0.1) is 0 Å². The molecule has 29 heavy (non-hydrogen) atoms. The van der Waals surface area contributed by atoms with Crippen molar-refractivity contribution in [1.29, 1.82) is 0 Å². The van der Waals surface area contributed by atoms with Crippen molar-refractivity contribution in [2.75, 3.05) is 21.2 Å². The van der Waals surface area contributed by atoms with Crippen LogP contribution < -0.4 is 8.92 Å². The molecule has 0 aliphatic carbocycles. The van der Waals surface area contributed by atoms with E-state index in [1.807, 2.05) is 6.92 Å². The summed E-state index contributed by atoms with van der Waals surface area (Å²) in [7, 11) is 0.712. The van der Waals surface area contributed by atoms with E-state index in [2.05, 4.69) is 0 Å². The van der Waals surface area contributed by atoms with Crippen LogP contribution in [-0.2, 0) is 14.9 Å². The first-order valence-electron chi connectivity index (χ1n) is 8.60. The molecular formula is C20H20N2O5S2. The number of hydrogen-bond acceptors (Lipinski definition) is 6. The molecule has 0 radical (unpaired) electrons. The van der Waals surface area contributed by atoms with Gasteiger partial charge in [-0.1, -0.05) is 23.8 Å². The topological polar surface area (TPSA) is 76.2 Å². The third-order valence-corrected chi connectivity index (χ3v) is 6.26. The molecule has 0 saturated carbocycles. The Labute approximate surface area is 175 Å². The van der Waals surface area contributed by atoms with Gasteiger partial charge in [-0.05, 0) is 55.0 Å². The van der Waals surface area contributed by atoms with Crippen molar-refractivity contribution >= 4 is 39.4 Å². The molecule has 0 bridgehead atoms. The highest BCUT2D eigenvalue weighted by atomic mass is 32.2. The van der Waals surface area contributed by atoms with E-state index in [4.69, 9.17) is 21.1 Å². The van der Waals surface area contributed by atoms with Crippen LogP contribution >= 0.6 is 12.2 Å². The number of nitrogens with zero attached hydrogens (tertiary/aromatic N) is 2. The highest BCUT2D eigenvalue weighted by Gasteiger charge is 2.32. The van der Waals surface area contributed by atoms with Gasteiger partial charge in [-0.2, -0.15) is 8.42 Å². The molecule has 0 N–H and O–H groups in total. The van der Waals surface area contributed by atoms with Crippen molar-refractivity contribution in [3.05, 3.63) is 59.3 Å². The number of thiocarbonyl (C=S) groups is 1. The fourth-order valence-electron chi connectivity index (χ4n) is 2.76. The zero-order valence-corrected chi connectivity index (χ0v) is 18.0. The van der Waals surface area contributed by atoms with Crippen LogP contribution in [0, 0.1) is 6.92 Å². The number of carbonyl (C=O) groups is 1. The normalized spacial score (nSPS) is 15.9. The molecule has 152 valence electrons. The Bertz CT molecular complexity index is 1110. The monoisotopic (exact) mass is 432 g/mol. The molecule has 1 saturated heterocycles. The van der Waals surface area contributed by atoms with Gasteiger partial charge < -0.3 is 13.8 Å². The quantitative estimate of drug-likeness (QED) is 0.409. The molecule has 0 spiro atoms. The molecule has 1 aliphatic rings. The SMILES string of the molecule is COc1cc(/C=C2\C(=O)N(C)C(=S)N2C)ccc1OS(=O)(=O)c1ccc(C)cc1. The summed E-state index contributed by atoms with van der Waals surface area (Å²) >= 11 is 5.20. The van der Waals surface area contributed by atoms with Crippen LogP contribution in [0.5, 0.6) is 11.5 Å². The van der Waals surface area contributed by atoms with Crippen LogP contribution in [0.1, 0.15) is 11.1 Å². The lowest BCUT2D eigenvalue weighted by molar-refractivity contribution is -0.121. The minimum absolute atomic E-state index is 0.0473. The zero-order valence-electron chi connectivity index (χ0n) is 16.4. The van der Waals surface area contributed by atoms with E-state index < -0.39 is 10.1 Å².